The average molecular weight is 470 g/mol. The molecule has 180 valence electrons. The topological polar surface area (TPSA) is 67.6 Å². The van der Waals surface area contributed by atoms with E-state index in [9.17, 15) is 9.90 Å². The van der Waals surface area contributed by atoms with Gasteiger partial charge in [-0.3, -0.25) is 4.79 Å². The van der Waals surface area contributed by atoms with Crippen LogP contribution in [-0.4, -0.2) is 39.8 Å². The van der Waals surface area contributed by atoms with Crippen molar-refractivity contribution in [2.24, 2.45) is 0 Å². The first-order chi connectivity index (χ1) is 17.0. The highest BCUT2D eigenvalue weighted by molar-refractivity contribution is 5.96. The van der Waals surface area contributed by atoms with Crippen LogP contribution in [0.5, 0.6) is 5.75 Å². The molecule has 0 radical (unpaired) electrons. The molecule has 0 saturated carbocycles. The van der Waals surface area contributed by atoms with Crippen LogP contribution in [0.1, 0.15) is 36.2 Å². The molecule has 0 spiro atoms. The lowest BCUT2D eigenvalue weighted by atomic mass is 10.1. The SMILES string of the molecule is CCc1ccc(N2C[C@H](c3nc4ccccc4n3C[C@@H](O)COc3ccccc3C)CC2=O)cc1. The zero-order valence-corrected chi connectivity index (χ0v) is 20.2. The molecule has 2 heterocycles. The van der Waals surface area contributed by atoms with Crippen LogP contribution in [0.4, 0.5) is 5.69 Å². The molecule has 3 aromatic carbocycles. The number of aliphatic hydroxyl groups is 1. The van der Waals surface area contributed by atoms with Gasteiger partial charge in [0, 0.05) is 24.6 Å². The summed E-state index contributed by atoms with van der Waals surface area (Å²) >= 11 is 0. The van der Waals surface area contributed by atoms with Crippen molar-refractivity contribution < 1.29 is 14.6 Å². The third-order valence-corrected chi connectivity index (χ3v) is 6.75. The molecule has 1 N–H and O–H groups in total. The number of para-hydroxylation sites is 3. The van der Waals surface area contributed by atoms with E-state index >= 15 is 0 Å². The number of aromatic nitrogens is 2. The number of amides is 1. The first kappa shape index (κ1) is 23.1. The number of carbonyl (C=O) groups excluding carboxylic acids is 1. The number of anilines is 1. The summed E-state index contributed by atoms with van der Waals surface area (Å²) in [5, 5.41) is 10.9. The lowest BCUT2D eigenvalue weighted by Gasteiger charge is -2.19. The minimum absolute atomic E-state index is 0.0507. The Labute approximate surface area is 205 Å². The van der Waals surface area contributed by atoms with Crippen molar-refractivity contribution in [1.29, 1.82) is 0 Å². The Kier molecular flexibility index (Phi) is 6.55. The second kappa shape index (κ2) is 9.92. The predicted octanol–water partition coefficient (Wildman–Crippen LogP) is 4.87. The highest BCUT2D eigenvalue weighted by Crippen LogP contribution is 2.33. The Morgan fingerprint density at radius 2 is 1.80 bits per heavy atom. The van der Waals surface area contributed by atoms with Gasteiger partial charge in [0.25, 0.3) is 0 Å². The number of aliphatic hydroxyl groups excluding tert-OH is 1. The predicted molar refractivity (Wildman–Crippen MR) is 138 cm³/mol. The highest BCUT2D eigenvalue weighted by atomic mass is 16.5. The van der Waals surface area contributed by atoms with Gasteiger partial charge in [-0.2, -0.15) is 0 Å². The Morgan fingerprint density at radius 1 is 1.06 bits per heavy atom. The number of hydrogen-bond acceptors (Lipinski definition) is 4. The molecule has 1 amide bonds. The first-order valence-electron chi connectivity index (χ1n) is 12.2. The van der Waals surface area contributed by atoms with Crippen molar-refractivity contribution in [3.8, 4) is 5.75 Å². The highest BCUT2D eigenvalue weighted by Gasteiger charge is 2.35. The van der Waals surface area contributed by atoms with Gasteiger partial charge in [-0.05, 0) is 54.8 Å². The first-order valence-corrected chi connectivity index (χ1v) is 12.2. The summed E-state index contributed by atoms with van der Waals surface area (Å²) < 4.78 is 7.95. The van der Waals surface area contributed by atoms with Gasteiger partial charge < -0.3 is 19.3 Å². The number of hydrogen-bond donors (Lipinski definition) is 1. The standard InChI is InChI=1S/C29H31N3O3/c1-3-21-12-14-23(15-13-21)31-17-22(16-28(31)34)29-30-25-9-5-6-10-26(25)32(29)18-24(33)19-35-27-11-7-4-8-20(27)2/h4-15,22,24,33H,3,16-19H2,1-2H3/t22-,24-/m1/s1. The van der Waals surface area contributed by atoms with Gasteiger partial charge in [-0.1, -0.05) is 49.4 Å². The molecular weight excluding hydrogens is 438 g/mol. The molecule has 1 fully saturated rings. The van der Waals surface area contributed by atoms with Crippen molar-refractivity contribution in [1.82, 2.24) is 9.55 Å². The number of rotatable bonds is 8. The van der Waals surface area contributed by atoms with Crippen LogP contribution < -0.4 is 9.64 Å². The van der Waals surface area contributed by atoms with Crippen LogP contribution in [0.3, 0.4) is 0 Å². The van der Waals surface area contributed by atoms with E-state index in [-0.39, 0.29) is 18.4 Å². The van der Waals surface area contributed by atoms with Gasteiger partial charge in [0.2, 0.25) is 5.91 Å². The van der Waals surface area contributed by atoms with E-state index in [1.54, 1.807) is 0 Å². The molecule has 1 aliphatic rings. The van der Waals surface area contributed by atoms with E-state index in [0.717, 1.165) is 40.3 Å². The second-order valence-corrected chi connectivity index (χ2v) is 9.23. The zero-order chi connectivity index (χ0) is 24.4. The maximum absolute atomic E-state index is 13.0. The van der Waals surface area contributed by atoms with Gasteiger partial charge >= 0.3 is 0 Å². The van der Waals surface area contributed by atoms with Crippen LogP contribution in [0.2, 0.25) is 0 Å². The number of ether oxygens (including phenoxy) is 1. The summed E-state index contributed by atoms with van der Waals surface area (Å²) in [7, 11) is 0. The third kappa shape index (κ3) is 4.80. The van der Waals surface area contributed by atoms with Crippen LogP contribution in [0.25, 0.3) is 11.0 Å². The minimum Gasteiger partial charge on any atom is -0.491 e. The number of nitrogens with zero attached hydrogens (tertiary/aromatic N) is 3. The quantitative estimate of drug-likeness (QED) is 0.400. The molecule has 0 aliphatic carbocycles. The number of aryl methyl sites for hydroxylation is 2. The maximum atomic E-state index is 13.0. The molecule has 1 aliphatic heterocycles. The van der Waals surface area contributed by atoms with Gasteiger partial charge in [0.1, 0.15) is 24.3 Å². The normalized spacial score (nSPS) is 16.7. The van der Waals surface area contributed by atoms with Crippen LogP contribution in [0, 0.1) is 6.92 Å². The molecule has 5 rings (SSSR count). The van der Waals surface area contributed by atoms with E-state index in [4.69, 9.17) is 9.72 Å². The van der Waals surface area contributed by atoms with Crippen molar-refractivity contribution >= 4 is 22.6 Å². The van der Waals surface area contributed by atoms with Crippen LogP contribution in [0.15, 0.2) is 72.8 Å². The molecule has 1 aromatic heterocycles. The van der Waals surface area contributed by atoms with E-state index in [1.807, 2.05) is 72.5 Å². The van der Waals surface area contributed by atoms with Crippen molar-refractivity contribution in [2.75, 3.05) is 18.1 Å². The maximum Gasteiger partial charge on any atom is 0.227 e. The summed E-state index contributed by atoms with van der Waals surface area (Å²) in [5.41, 5.74) is 5.03. The summed E-state index contributed by atoms with van der Waals surface area (Å²) in [6.07, 6.45) is 0.645. The Morgan fingerprint density at radius 3 is 2.57 bits per heavy atom. The molecular formula is C29H31N3O3. The summed E-state index contributed by atoms with van der Waals surface area (Å²) in [5.74, 6) is 1.65. The van der Waals surface area contributed by atoms with E-state index in [2.05, 4.69) is 23.6 Å². The Balaban J connectivity index is 1.37. The van der Waals surface area contributed by atoms with Crippen LogP contribution >= 0.6 is 0 Å². The molecule has 35 heavy (non-hydrogen) atoms. The summed E-state index contributed by atoms with van der Waals surface area (Å²) in [6, 6.07) is 23.9. The smallest absolute Gasteiger partial charge is 0.227 e. The minimum atomic E-state index is -0.722. The fraction of sp³-hybridized carbons (Fsp3) is 0.310. The molecule has 0 bridgehead atoms. The van der Waals surface area contributed by atoms with Crippen LogP contribution in [-0.2, 0) is 17.8 Å². The summed E-state index contributed by atoms with van der Waals surface area (Å²) in [4.78, 5) is 19.7. The number of benzene rings is 3. The van der Waals surface area contributed by atoms with Crippen molar-refractivity contribution in [3.63, 3.8) is 0 Å². The lowest BCUT2D eigenvalue weighted by molar-refractivity contribution is -0.117. The molecule has 2 atom stereocenters. The zero-order valence-electron chi connectivity index (χ0n) is 20.2. The average Bonchev–Trinajstić information content (AvgIpc) is 3.44. The molecule has 6 heteroatoms. The molecule has 0 unspecified atom stereocenters. The molecule has 6 nitrogen and oxygen atoms in total. The number of carbonyl (C=O) groups is 1. The monoisotopic (exact) mass is 469 g/mol. The third-order valence-electron chi connectivity index (χ3n) is 6.75. The largest absolute Gasteiger partial charge is 0.491 e. The van der Waals surface area contributed by atoms with Gasteiger partial charge in [-0.15, -0.1) is 0 Å². The molecule has 1 saturated heterocycles. The number of imidazole rings is 1. The van der Waals surface area contributed by atoms with Crippen molar-refractivity contribution in [2.45, 2.75) is 45.3 Å². The summed E-state index contributed by atoms with van der Waals surface area (Å²) in [6.45, 7) is 5.20. The van der Waals surface area contributed by atoms with E-state index < -0.39 is 6.10 Å². The number of fused-ring (bicyclic) bond motifs is 1. The van der Waals surface area contributed by atoms with E-state index in [0.29, 0.717) is 19.5 Å². The van der Waals surface area contributed by atoms with Crippen molar-refractivity contribution in [3.05, 3.63) is 89.7 Å². The van der Waals surface area contributed by atoms with Gasteiger partial charge in [0.05, 0.1) is 17.6 Å². The molecule has 4 aromatic rings. The fourth-order valence-electron chi connectivity index (χ4n) is 4.81. The second-order valence-electron chi connectivity index (χ2n) is 9.23. The van der Waals surface area contributed by atoms with Gasteiger partial charge in [0.15, 0.2) is 0 Å². The van der Waals surface area contributed by atoms with E-state index in [1.165, 1.54) is 5.56 Å². The van der Waals surface area contributed by atoms with Gasteiger partial charge in [-0.25, -0.2) is 4.98 Å². The Bertz CT molecular complexity index is 1330. The Hall–Kier alpha value is -3.64. The fourth-order valence-corrected chi connectivity index (χ4v) is 4.81. The lowest BCUT2D eigenvalue weighted by Crippen LogP contribution is -2.26.